The Morgan fingerprint density at radius 3 is 2.64 bits per heavy atom. The van der Waals surface area contributed by atoms with Crippen molar-refractivity contribution in [2.24, 2.45) is 5.41 Å². The van der Waals surface area contributed by atoms with Gasteiger partial charge < -0.3 is 14.4 Å². The van der Waals surface area contributed by atoms with E-state index in [1.807, 2.05) is 11.8 Å². The Kier molecular flexibility index (Phi) is 6.62. The molecular formula is C20H30N2O5S. The standard InChI is InChI=1S/C20H30N2O5S/c1-3-6-19(23)21-11-9-20(10-12-21)15-22(13-14-26-2)28(24,25)18-8-5-4-7-17(18)27-16-20/h4-5,7-8H,3,6,9-16H2,1-2H3. The summed E-state index contributed by atoms with van der Waals surface area (Å²) in [5.74, 6) is 0.576. The van der Waals surface area contributed by atoms with Crippen molar-refractivity contribution in [1.29, 1.82) is 0 Å². The zero-order valence-corrected chi connectivity index (χ0v) is 17.5. The summed E-state index contributed by atoms with van der Waals surface area (Å²) in [6.45, 7) is 4.74. The van der Waals surface area contributed by atoms with Crippen LogP contribution in [-0.4, -0.2) is 70.0 Å². The van der Waals surface area contributed by atoms with E-state index in [2.05, 4.69) is 0 Å². The van der Waals surface area contributed by atoms with E-state index in [0.717, 1.165) is 19.3 Å². The van der Waals surface area contributed by atoms with E-state index >= 15 is 0 Å². The van der Waals surface area contributed by atoms with Crippen molar-refractivity contribution in [3.05, 3.63) is 24.3 Å². The summed E-state index contributed by atoms with van der Waals surface area (Å²) in [6.07, 6.45) is 2.85. The number of carbonyl (C=O) groups is 1. The largest absolute Gasteiger partial charge is 0.492 e. The first-order valence-corrected chi connectivity index (χ1v) is 11.3. The zero-order chi connectivity index (χ0) is 20.2. The van der Waals surface area contributed by atoms with Crippen LogP contribution in [0.1, 0.15) is 32.6 Å². The van der Waals surface area contributed by atoms with Crippen LogP contribution in [0.2, 0.25) is 0 Å². The molecule has 3 rings (SSSR count). The normalized spacial score (nSPS) is 21.4. The number of hydrogen-bond donors (Lipinski definition) is 0. The van der Waals surface area contributed by atoms with Gasteiger partial charge in [-0.25, -0.2) is 8.42 Å². The van der Waals surface area contributed by atoms with Crippen molar-refractivity contribution in [3.63, 3.8) is 0 Å². The van der Waals surface area contributed by atoms with E-state index in [-0.39, 0.29) is 16.2 Å². The molecule has 0 saturated carbocycles. The summed E-state index contributed by atoms with van der Waals surface area (Å²) >= 11 is 0. The molecule has 8 heteroatoms. The van der Waals surface area contributed by atoms with Gasteiger partial charge in [-0.2, -0.15) is 4.31 Å². The summed E-state index contributed by atoms with van der Waals surface area (Å²) < 4.78 is 39.3. The lowest BCUT2D eigenvalue weighted by molar-refractivity contribution is -0.134. The number of nitrogens with zero attached hydrogens (tertiary/aromatic N) is 2. The number of carbonyl (C=O) groups excluding carboxylic acids is 1. The topological polar surface area (TPSA) is 76.2 Å². The van der Waals surface area contributed by atoms with Crippen molar-refractivity contribution in [1.82, 2.24) is 9.21 Å². The Balaban J connectivity index is 1.86. The summed E-state index contributed by atoms with van der Waals surface area (Å²) in [5.41, 5.74) is -0.308. The highest BCUT2D eigenvalue weighted by atomic mass is 32.2. The quantitative estimate of drug-likeness (QED) is 0.743. The molecule has 1 aromatic rings. The fourth-order valence-electron chi connectivity index (χ4n) is 3.95. The molecule has 1 saturated heterocycles. The molecule has 7 nitrogen and oxygen atoms in total. The van der Waals surface area contributed by atoms with Crippen LogP contribution in [0.4, 0.5) is 0 Å². The number of hydrogen-bond acceptors (Lipinski definition) is 5. The maximum atomic E-state index is 13.3. The molecule has 1 fully saturated rings. The predicted octanol–water partition coefficient (Wildman–Crippen LogP) is 2.12. The molecular weight excluding hydrogens is 380 g/mol. The SMILES string of the molecule is CCCC(=O)N1CCC2(CC1)COc1ccccc1S(=O)(=O)N(CCOC)C2. The lowest BCUT2D eigenvalue weighted by Crippen LogP contribution is -2.52. The highest BCUT2D eigenvalue weighted by Crippen LogP contribution is 2.39. The van der Waals surface area contributed by atoms with Gasteiger partial charge in [-0.3, -0.25) is 4.79 Å². The van der Waals surface area contributed by atoms with Gasteiger partial charge in [-0.05, 0) is 31.4 Å². The van der Waals surface area contributed by atoms with Gasteiger partial charge in [0.15, 0.2) is 0 Å². The van der Waals surface area contributed by atoms with Gasteiger partial charge in [0.2, 0.25) is 15.9 Å². The van der Waals surface area contributed by atoms with Gasteiger partial charge in [0.05, 0.1) is 13.2 Å². The molecule has 0 N–H and O–H groups in total. The third-order valence-corrected chi connectivity index (χ3v) is 7.58. The minimum absolute atomic E-state index is 0.179. The number of methoxy groups -OCH3 is 1. The van der Waals surface area contributed by atoms with Gasteiger partial charge in [-0.1, -0.05) is 19.1 Å². The van der Waals surface area contributed by atoms with E-state index in [0.29, 0.717) is 51.6 Å². The molecule has 1 amide bonds. The Bertz CT molecular complexity index is 788. The molecule has 1 aromatic carbocycles. The second kappa shape index (κ2) is 8.80. The van der Waals surface area contributed by atoms with E-state index in [1.165, 1.54) is 4.31 Å². The number of rotatable bonds is 5. The fourth-order valence-corrected chi connectivity index (χ4v) is 5.62. The summed E-state index contributed by atoms with van der Waals surface area (Å²) in [7, 11) is -2.11. The average molecular weight is 411 g/mol. The molecule has 28 heavy (non-hydrogen) atoms. The van der Waals surface area contributed by atoms with Gasteiger partial charge in [0.25, 0.3) is 0 Å². The van der Waals surface area contributed by atoms with Crippen molar-refractivity contribution in [2.75, 3.05) is 46.5 Å². The van der Waals surface area contributed by atoms with Crippen LogP contribution in [0, 0.1) is 5.41 Å². The van der Waals surface area contributed by atoms with E-state index < -0.39 is 10.0 Å². The van der Waals surface area contributed by atoms with E-state index in [4.69, 9.17) is 9.47 Å². The zero-order valence-electron chi connectivity index (χ0n) is 16.7. The van der Waals surface area contributed by atoms with Gasteiger partial charge in [-0.15, -0.1) is 0 Å². The average Bonchev–Trinajstić information content (AvgIpc) is 2.70. The number of fused-ring (bicyclic) bond motifs is 1. The second-order valence-corrected chi connectivity index (χ2v) is 9.60. The van der Waals surface area contributed by atoms with Crippen molar-refractivity contribution < 1.29 is 22.7 Å². The smallest absolute Gasteiger partial charge is 0.246 e. The molecule has 0 bridgehead atoms. The summed E-state index contributed by atoms with van der Waals surface area (Å²) in [4.78, 5) is 14.3. The lowest BCUT2D eigenvalue weighted by Gasteiger charge is -2.45. The molecule has 156 valence electrons. The predicted molar refractivity (Wildman–Crippen MR) is 106 cm³/mol. The van der Waals surface area contributed by atoms with Crippen molar-refractivity contribution >= 4 is 15.9 Å². The monoisotopic (exact) mass is 410 g/mol. The Hall–Kier alpha value is -1.64. The molecule has 0 radical (unpaired) electrons. The number of amides is 1. The summed E-state index contributed by atoms with van der Waals surface area (Å²) in [6, 6.07) is 6.80. The van der Waals surface area contributed by atoms with Crippen LogP contribution >= 0.6 is 0 Å². The van der Waals surface area contributed by atoms with Gasteiger partial charge in [0.1, 0.15) is 10.6 Å². The number of likely N-dealkylation sites (tertiary alicyclic amines) is 1. The fraction of sp³-hybridized carbons (Fsp3) is 0.650. The number of benzene rings is 1. The third kappa shape index (κ3) is 4.34. The number of piperidine rings is 1. The molecule has 0 unspecified atom stereocenters. The first-order chi connectivity index (χ1) is 13.4. The Labute approximate surface area is 167 Å². The molecule has 2 heterocycles. The van der Waals surface area contributed by atoms with Crippen molar-refractivity contribution in [2.45, 2.75) is 37.5 Å². The third-order valence-electron chi connectivity index (χ3n) is 5.70. The number of para-hydroxylation sites is 1. The highest BCUT2D eigenvalue weighted by molar-refractivity contribution is 7.89. The molecule has 2 aliphatic rings. The maximum absolute atomic E-state index is 13.3. The Morgan fingerprint density at radius 2 is 1.96 bits per heavy atom. The van der Waals surface area contributed by atoms with Gasteiger partial charge >= 0.3 is 0 Å². The number of sulfonamides is 1. The van der Waals surface area contributed by atoms with Crippen LogP contribution in [0.25, 0.3) is 0 Å². The van der Waals surface area contributed by atoms with Crippen LogP contribution in [-0.2, 0) is 19.6 Å². The lowest BCUT2D eigenvalue weighted by atomic mass is 9.78. The second-order valence-electron chi connectivity index (χ2n) is 7.70. The molecule has 0 atom stereocenters. The van der Waals surface area contributed by atoms with Gasteiger partial charge in [0, 0.05) is 45.1 Å². The summed E-state index contributed by atoms with van der Waals surface area (Å²) in [5, 5.41) is 0. The molecule has 0 aromatic heterocycles. The maximum Gasteiger partial charge on any atom is 0.246 e. The minimum atomic E-state index is -3.68. The van der Waals surface area contributed by atoms with E-state index in [1.54, 1.807) is 31.4 Å². The molecule has 2 aliphatic heterocycles. The van der Waals surface area contributed by atoms with Crippen molar-refractivity contribution in [3.8, 4) is 5.75 Å². The van der Waals surface area contributed by atoms with Crippen LogP contribution in [0.15, 0.2) is 29.2 Å². The first kappa shape index (κ1) is 21.1. The van der Waals surface area contributed by atoms with E-state index in [9.17, 15) is 13.2 Å². The first-order valence-electron chi connectivity index (χ1n) is 9.90. The number of ether oxygens (including phenoxy) is 2. The minimum Gasteiger partial charge on any atom is -0.492 e. The molecule has 0 aliphatic carbocycles. The van der Waals surface area contributed by atoms with Crippen LogP contribution in [0.5, 0.6) is 5.75 Å². The Morgan fingerprint density at radius 1 is 1.25 bits per heavy atom. The van der Waals surface area contributed by atoms with Crippen LogP contribution < -0.4 is 4.74 Å². The highest BCUT2D eigenvalue weighted by Gasteiger charge is 2.43. The van der Waals surface area contributed by atoms with Crippen LogP contribution in [0.3, 0.4) is 0 Å². The molecule has 1 spiro atoms.